The molecule has 0 spiro atoms. The van der Waals surface area contributed by atoms with E-state index in [0.29, 0.717) is 18.4 Å². The van der Waals surface area contributed by atoms with Crippen molar-refractivity contribution in [3.05, 3.63) is 47.0 Å². The van der Waals surface area contributed by atoms with Gasteiger partial charge in [-0.1, -0.05) is 11.6 Å². The minimum Gasteiger partial charge on any atom is -0.478 e. The van der Waals surface area contributed by atoms with Crippen LogP contribution in [0.25, 0.3) is 0 Å². The maximum atomic E-state index is 11.1. The van der Waals surface area contributed by atoms with Crippen LogP contribution < -0.4 is 4.90 Å². The Balaban J connectivity index is 1.91. The van der Waals surface area contributed by atoms with E-state index in [0.717, 1.165) is 18.6 Å². The molecule has 2 aromatic heterocycles. The molecular weight excluding hydrogens is 280 g/mol. The van der Waals surface area contributed by atoms with E-state index in [4.69, 9.17) is 21.1 Å². The number of aromatic carboxylic acids is 1. The van der Waals surface area contributed by atoms with E-state index in [1.54, 1.807) is 6.26 Å². The second kappa shape index (κ2) is 5.17. The van der Waals surface area contributed by atoms with Gasteiger partial charge in [0, 0.05) is 12.2 Å². The van der Waals surface area contributed by atoms with Gasteiger partial charge in [0.2, 0.25) is 0 Å². The van der Waals surface area contributed by atoms with E-state index in [2.05, 4.69) is 9.88 Å². The topological polar surface area (TPSA) is 66.6 Å². The van der Waals surface area contributed by atoms with Crippen LogP contribution in [0.4, 0.5) is 5.82 Å². The van der Waals surface area contributed by atoms with Crippen molar-refractivity contribution in [3.8, 4) is 0 Å². The van der Waals surface area contributed by atoms with Gasteiger partial charge in [0.15, 0.2) is 0 Å². The van der Waals surface area contributed by atoms with E-state index >= 15 is 0 Å². The van der Waals surface area contributed by atoms with Gasteiger partial charge in [-0.15, -0.1) is 0 Å². The monoisotopic (exact) mass is 292 g/mol. The number of rotatable bonds is 5. The third kappa shape index (κ3) is 2.63. The Morgan fingerprint density at radius 1 is 1.55 bits per heavy atom. The summed E-state index contributed by atoms with van der Waals surface area (Å²) < 4.78 is 5.35. The predicted octanol–water partition coefficient (Wildman–Crippen LogP) is 3.20. The second-order valence-electron chi connectivity index (χ2n) is 4.77. The highest BCUT2D eigenvalue weighted by molar-refractivity contribution is 6.33. The Hall–Kier alpha value is -2.01. The number of hydrogen-bond acceptors (Lipinski definition) is 4. The first-order valence-electron chi connectivity index (χ1n) is 6.33. The first-order valence-corrected chi connectivity index (χ1v) is 6.71. The molecule has 5 nitrogen and oxygen atoms in total. The molecule has 0 atom stereocenters. The Kier molecular flexibility index (Phi) is 3.36. The molecule has 3 rings (SSSR count). The molecule has 1 saturated carbocycles. The molecule has 1 fully saturated rings. The van der Waals surface area contributed by atoms with Crippen molar-refractivity contribution >= 4 is 23.4 Å². The van der Waals surface area contributed by atoms with E-state index < -0.39 is 5.97 Å². The lowest BCUT2D eigenvalue weighted by Crippen LogP contribution is -2.26. The summed E-state index contributed by atoms with van der Waals surface area (Å²) in [6, 6.07) is 5.63. The summed E-state index contributed by atoms with van der Waals surface area (Å²) in [5.74, 6) is 0.392. The third-order valence-electron chi connectivity index (χ3n) is 3.26. The molecular formula is C14H13ClN2O3. The molecule has 0 unspecified atom stereocenters. The van der Waals surface area contributed by atoms with Gasteiger partial charge in [0.25, 0.3) is 0 Å². The van der Waals surface area contributed by atoms with Crippen LogP contribution in [-0.2, 0) is 6.54 Å². The molecule has 0 aromatic carbocycles. The summed E-state index contributed by atoms with van der Waals surface area (Å²) in [5, 5.41) is 9.28. The largest absolute Gasteiger partial charge is 0.478 e. The Morgan fingerprint density at radius 2 is 2.35 bits per heavy atom. The van der Waals surface area contributed by atoms with Crippen LogP contribution >= 0.6 is 11.6 Å². The minimum absolute atomic E-state index is 0.0711. The van der Waals surface area contributed by atoms with E-state index in [1.165, 1.54) is 12.3 Å². The van der Waals surface area contributed by atoms with E-state index in [9.17, 15) is 4.79 Å². The number of hydrogen-bond donors (Lipinski definition) is 1. The molecule has 0 aliphatic heterocycles. The molecule has 1 aliphatic rings. The van der Waals surface area contributed by atoms with Crippen LogP contribution in [0.2, 0.25) is 5.02 Å². The maximum Gasteiger partial charge on any atom is 0.337 e. The van der Waals surface area contributed by atoms with Crippen LogP contribution in [-0.4, -0.2) is 22.1 Å². The van der Waals surface area contributed by atoms with Crippen molar-refractivity contribution in [2.24, 2.45) is 0 Å². The highest BCUT2D eigenvalue weighted by atomic mass is 35.5. The van der Waals surface area contributed by atoms with Gasteiger partial charge in [0.1, 0.15) is 11.6 Å². The smallest absolute Gasteiger partial charge is 0.337 e. The van der Waals surface area contributed by atoms with Crippen molar-refractivity contribution in [1.29, 1.82) is 0 Å². The zero-order chi connectivity index (χ0) is 14.1. The lowest BCUT2D eigenvalue weighted by molar-refractivity contribution is 0.0697. The molecule has 20 heavy (non-hydrogen) atoms. The van der Waals surface area contributed by atoms with Gasteiger partial charge in [-0.25, -0.2) is 9.78 Å². The van der Waals surface area contributed by atoms with Gasteiger partial charge in [-0.2, -0.15) is 0 Å². The first kappa shape index (κ1) is 13.0. The maximum absolute atomic E-state index is 11.1. The molecule has 2 heterocycles. The third-order valence-corrected chi connectivity index (χ3v) is 3.56. The van der Waals surface area contributed by atoms with E-state index in [1.807, 2.05) is 12.1 Å². The normalized spacial score (nSPS) is 14.2. The molecule has 2 aromatic rings. The second-order valence-corrected chi connectivity index (χ2v) is 5.17. The summed E-state index contributed by atoms with van der Waals surface area (Å²) in [5.41, 5.74) is 0.0711. The highest BCUT2D eigenvalue weighted by Gasteiger charge is 2.31. The molecule has 0 bridgehead atoms. The van der Waals surface area contributed by atoms with Crippen molar-refractivity contribution in [1.82, 2.24) is 4.98 Å². The van der Waals surface area contributed by atoms with Crippen LogP contribution in [0.3, 0.4) is 0 Å². The number of carboxylic acids is 1. The van der Waals surface area contributed by atoms with Crippen molar-refractivity contribution in [3.63, 3.8) is 0 Å². The van der Waals surface area contributed by atoms with Gasteiger partial charge in [-0.05, 0) is 31.0 Å². The lowest BCUT2D eigenvalue weighted by Gasteiger charge is -2.22. The first-order chi connectivity index (χ1) is 9.65. The van der Waals surface area contributed by atoms with Gasteiger partial charge in [0.05, 0.1) is 23.4 Å². The predicted molar refractivity (Wildman–Crippen MR) is 74.1 cm³/mol. The average Bonchev–Trinajstić information content (AvgIpc) is 3.14. The van der Waals surface area contributed by atoms with Gasteiger partial charge < -0.3 is 14.4 Å². The molecule has 0 radical (unpaired) electrons. The standard InChI is InChI=1S/C14H13ClN2O3/c15-12-7-16-13(6-11(12)14(18)19)17(9-3-4-9)8-10-2-1-5-20-10/h1-2,5-7,9H,3-4,8H2,(H,18,19). The highest BCUT2D eigenvalue weighted by Crippen LogP contribution is 2.33. The fourth-order valence-electron chi connectivity index (χ4n) is 2.10. The number of anilines is 1. The molecule has 0 amide bonds. The lowest BCUT2D eigenvalue weighted by atomic mass is 10.2. The summed E-state index contributed by atoms with van der Waals surface area (Å²) in [6.07, 6.45) is 5.16. The van der Waals surface area contributed by atoms with Crippen LogP contribution in [0, 0.1) is 0 Å². The number of halogens is 1. The number of carbonyl (C=O) groups is 1. The zero-order valence-corrected chi connectivity index (χ0v) is 11.4. The summed E-state index contributed by atoms with van der Waals surface area (Å²) in [7, 11) is 0. The quantitative estimate of drug-likeness (QED) is 0.916. The van der Waals surface area contributed by atoms with Crippen LogP contribution in [0.5, 0.6) is 0 Å². The van der Waals surface area contributed by atoms with Crippen molar-refractivity contribution in [2.45, 2.75) is 25.4 Å². The number of nitrogens with zero attached hydrogens (tertiary/aromatic N) is 2. The molecule has 0 saturated heterocycles. The number of aromatic nitrogens is 1. The number of carboxylic acid groups (broad SMARTS) is 1. The van der Waals surface area contributed by atoms with Crippen LogP contribution in [0.15, 0.2) is 35.1 Å². The SMILES string of the molecule is O=C(O)c1cc(N(Cc2ccco2)C2CC2)ncc1Cl. The van der Waals surface area contributed by atoms with Gasteiger partial charge >= 0.3 is 5.97 Å². The average molecular weight is 293 g/mol. The van der Waals surface area contributed by atoms with E-state index in [-0.39, 0.29) is 10.6 Å². The summed E-state index contributed by atoms with van der Waals surface area (Å²) in [4.78, 5) is 17.5. The van der Waals surface area contributed by atoms with Crippen molar-refractivity contribution in [2.75, 3.05) is 4.90 Å². The Morgan fingerprint density at radius 3 is 2.95 bits per heavy atom. The van der Waals surface area contributed by atoms with Gasteiger partial charge in [-0.3, -0.25) is 0 Å². The summed E-state index contributed by atoms with van der Waals surface area (Å²) >= 11 is 5.85. The van der Waals surface area contributed by atoms with Crippen molar-refractivity contribution < 1.29 is 14.3 Å². The minimum atomic E-state index is -1.05. The Labute approximate surface area is 120 Å². The Bertz CT molecular complexity index is 623. The fourth-order valence-corrected chi connectivity index (χ4v) is 2.29. The number of furan rings is 1. The summed E-state index contributed by atoms with van der Waals surface area (Å²) in [6.45, 7) is 0.575. The molecule has 6 heteroatoms. The zero-order valence-electron chi connectivity index (χ0n) is 10.6. The fraction of sp³-hybridized carbons (Fsp3) is 0.286. The number of pyridine rings is 1. The van der Waals surface area contributed by atoms with Crippen LogP contribution in [0.1, 0.15) is 29.0 Å². The molecule has 104 valence electrons. The molecule has 1 aliphatic carbocycles. The molecule has 1 N–H and O–H groups in total.